The average Bonchev–Trinajstić information content (AvgIpc) is 2.27. The van der Waals surface area contributed by atoms with Crippen molar-refractivity contribution >= 4 is 21.9 Å². The SMILES string of the molecule is COC(=O)c1cccc(NS(=O)(=O)N(C)C)c1. The molecule has 0 fully saturated rings. The van der Waals surface area contributed by atoms with Crippen LogP contribution in [0.4, 0.5) is 5.69 Å². The molecule has 0 unspecified atom stereocenters. The number of nitrogens with zero attached hydrogens (tertiary/aromatic N) is 1. The first-order chi connectivity index (χ1) is 7.86. The third-order valence-electron chi connectivity index (χ3n) is 2.01. The van der Waals surface area contributed by atoms with Gasteiger partial charge in [0.1, 0.15) is 0 Å². The fraction of sp³-hybridized carbons (Fsp3) is 0.300. The van der Waals surface area contributed by atoms with E-state index in [0.717, 1.165) is 4.31 Å². The fourth-order valence-corrected chi connectivity index (χ4v) is 1.68. The number of esters is 1. The lowest BCUT2D eigenvalue weighted by Crippen LogP contribution is -2.28. The third kappa shape index (κ3) is 3.43. The lowest BCUT2D eigenvalue weighted by Gasteiger charge is -2.13. The molecule has 1 N–H and O–H groups in total. The molecule has 0 saturated carbocycles. The van der Waals surface area contributed by atoms with E-state index >= 15 is 0 Å². The highest BCUT2D eigenvalue weighted by Gasteiger charge is 2.14. The van der Waals surface area contributed by atoms with Crippen molar-refractivity contribution in [1.82, 2.24) is 4.31 Å². The zero-order chi connectivity index (χ0) is 13.1. The molecule has 0 aliphatic rings. The van der Waals surface area contributed by atoms with Crippen molar-refractivity contribution in [2.45, 2.75) is 0 Å². The van der Waals surface area contributed by atoms with E-state index in [0.29, 0.717) is 5.69 Å². The molecule has 1 aromatic rings. The minimum absolute atomic E-state index is 0.284. The van der Waals surface area contributed by atoms with Gasteiger partial charge in [0.05, 0.1) is 18.4 Å². The number of hydrogen-bond donors (Lipinski definition) is 1. The summed E-state index contributed by atoms with van der Waals surface area (Å²) in [6, 6.07) is 6.07. The second-order valence-electron chi connectivity index (χ2n) is 3.46. The maximum Gasteiger partial charge on any atom is 0.337 e. The van der Waals surface area contributed by atoms with Crippen molar-refractivity contribution in [1.29, 1.82) is 0 Å². The van der Waals surface area contributed by atoms with Gasteiger partial charge in [0.2, 0.25) is 0 Å². The molecule has 0 radical (unpaired) electrons. The van der Waals surface area contributed by atoms with Crippen LogP contribution in [0.5, 0.6) is 0 Å². The maximum atomic E-state index is 11.5. The Morgan fingerprint density at radius 3 is 2.53 bits per heavy atom. The van der Waals surface area contributed by atoms with Gasteiger partial charge in [0.15, 0.2) is 0 Å². The first-order valence-corrected chi connectivity index (χ1v) is 6.19. The zero-order valence-corrected chi connectivity index (χ0v) is 10.6. The topological polar surface area (TPSA) is 75.7 Å². The molecule has 0 spiro atoms. The van der Waals surface area contributed by atoms with E-state index in [1.165, 1.54) is 27.3 Å². The number of carbonyl (C=O) groups is 1. The van der Waals surface area contributed by atoms with Gasteiger partial charge in [-0.1, -0.05) is 6.07 Å². The Morgan fingerprint density at radius 2 is 2.00 bits per heavy atom. The van der Waals surface area contributed by atoms with E-state index < -0.39 is 16.2 Å². The summed E-state index contributed by atoms with van der Waals surface area (Å²) in [4.78, 5) is 11.3. The van der Waals surface area contributed by atoms with Gasteiger partial charge in [-0.2, -0.15) is 12.7 Å². The monoisotopic (exact) mass is 258 g/mol. The highest BCUT2D eigenvalue weighted by Crippen LogP contribution is 2.13. The molecule has 6 nitrogen and oxygen atoms in total. The van der Waals surface area contributed by atoms with Gasteiger partial charge in [0.25, 0.3) is 0 Å². The smallest absolute Gasteiger partial charge is 0.337 e. The lowest BCUT2D eigenvalue weighted by atomic mass is 10.2. The molecule has 0 aliphatic carbocycles. The first-order valence-electron chi connectivity index (χ1n) is 4.75. The third-order valence-corrected chi connectivity index (χ3v) is 3.47. The van der Waals surface area contributed by atoms with Crippen LogP contribution in [0.25, 0.3) is 0 Å². The number of anilines is 1. The lowest BCUT2D eigenvalue weighted by molar-refractivity contribution is 0.0601. The largest absolute Gasteiger partial charge is 0.465 e. The Labute approximate surface area is 100 Å². The van der Waals surface area contributed by atoms with E-state index in [1.807, 2.05) is 0 Å². The molecule has 94 valence electrons. The molecule has 7 heteroatoms. The van der Waals surface area contributed by atoms with E-state index in [2.05, 4.69) is 9.46 Å². The van der Waals surface area contributed by atoms with Crippen LogP contribution in [-0.4, -0.2) is 39.9 Å². The highest BCUT2D eigenvalue weighted by atomic mass is 32.2. The predicted octanol–water partition coefficient (Wildman–Crippen LogP) is 0.691. The van der Waals surface area contributed by atoms with Gasteiger partial charge in [-0.15, -0.1) is 0 Å². The maximum absolute atomic E-state index is 11.5. The standard InChI is InChI=1S/C10H14N2O4S/c1-12(2)17(14,15)11-9-6-4-5-8(7-9)10(13)16-3/h4-7,11H,1-3H3. The van der Waals surface area contributed by atoms with Crippen molar-refractivity contribution in [2.75, 3.05) is 25.9 Å². The molecule has 0 atom stereocenters. The van der Waals surface area contributed by atoms with Crippen molar-refractivity contribution in [2.24, 2.45) is 0 Å². The summed E-state index contributed by atoms with van der Waals surface area (Å²) >= 11 is 0. The molecular formula is C10H14N2O4S. The number of rotatable bonds is 4. The van der Waals surface area contributed by atoms with E-state index in [4.69, 9.17) is 0 Å². The van der Waals surface area contributed by atoms with Crippen LogP contribution >= 0.6 is 0 Å². The fourth-order valence-electron chi connectivity index (χ4n) is 1.07. The molecule has 0 aromatic heterocycles. The van der Waals surface area contributed by atoms with Gasteiger partial charge >= 0.3 is 16.2 Å². The second-order valence-corrected chi connectivity index (χ2v) is 5.35. The Morgan fingerprint density at radius 1 is 1.35 bits per heavy atom. The first kappa shape index (κ1) is 13.5. The van der Waals surface area contributed by atoms with Crippen LogP contribution in [0.15, 0.2) is 24.3 Å². The summed E-state index contributed by atoms with van der Waals surface area (Å²) in [6.07, 6.45) is 0. The van der Waals surface area contributed by atoms with Gasteiger partial charge in [-0.25, -0.2) is 4.79 Å². The summed E-state index contributed by atoms with van der Waals surface area (Å²) in [6.45, 7) is 0. The Hall–Kier alpha value is -1.60. The van der Waals surface area contributed by atoms with Crippen LogP contribution in [0.2, 0.25) is 0 Å². The molecule has 0 aliphatic heterocycles. The number of benzene rings is 1. The van der Waals surface area contributed by atoms with Crippen LogP contribution in [-0.2, 0) is 14.9 Å². The quantitative estimate of drug-likeness (QED) is 0.806. The van der Waals surface area contributed by atoms with Crippen LogP contribution in [0, 0.1) is 0 Å². The minimum atomic E-state index is -3.57. The second kappa shape index (κ2) is 5.15. The van der Waals surface area contributed by atoms with Crippen molar-refractivity contribution in [3.63, 3.8) is 0 Å². The summed E-state index contributed by atoms with van der Waals surface area (Å²) < 4.78 is 31.0. The van der Waals surface area contributed by atoms with Crippen molar-refractivity contribution in [3.05, 3.63) is 29.8 Å². The minimum Gasteiger partial charge on any atom is -0.465 e. The number of carbonyl (C=O) groups excluding carboxylic acids is 1. The number of methoxy groups -OCH3 is 1. The number of nitrogens with one attached hydrogen (secondary N) is 1. The molecule has 17 heavy (non-hydrogen) atoms. The van der Waals surface area contributed by atoms with Crippen LogP contribution < -0.4 is 4.72 Å². The van der Waals surface area contributed by atoms with Gasteiger partial charge in [-0.05, 0) is 18.2 Å². The Bertz CT molecular complexity index is 511. The number of hydrogen-bond acceptors (Lipinski definition) is 4. The van der Waals surface area contributed by atoms with Gasteiger partial charge in [0, 0.05) is 14.1 Å². The van der Waals surface area contributed by atoms with E-state index in [-0.39, 0.29) is 5.56 Å². The molecule has 0 heterocycles. The van der Waals surface area contributed by atoms with Crippen LogP contribution in [0.1, 0.15) is 10.4 Å². The molecule has 1 rings (SSSR count). The molecule has 0 amide bonds. The normalized spacial score (nSPS) is 11.3. The predicted molar refractivity (Wildman–Crippen MR) is 64.0 cm³/mol. The summed E-state index contributed by atoms with van der Waals surface area (Å²) in [5.74, 6) is -0.518. The zero-order valence-electron chi connectivity index (χ0n) is 9.80. The Balaban J connectivity index is 2.98. The van der Waals surface area contributed by atoms with Gasteiger partial charge in [-0.3, -0.25) is 4.72 Å². The van der Waals surface area contributed by atoms with Gasteiger partial charge < -0.3 is 4.74 Å². The average molecular weight is 258 g/mol. The number of ether oxygens (including phenoxy) is 1. The molecule has 0 bridgehead atoms. The van der Waals surface area contributed by atoms with Crippen molar-refractivity contribution in [3.8, 4) is 0 Å². The van der Waals surface area contributed by atoms with E-state index in [1.54, 1.807) is 18.2 Å². The summed E-state index contributed by atoms with van der Waals surface area (Å²) in [7, 11) is 0.512. The molecular weight excluding hydrogens is 244 g/mol. The molecule has 1 aromatic carbocycles. The van der Waals surface area contributed by atoms with Crippen LogP contribution in [0.3, 0.4) is 0 Å². The molecule has 0 saturated heterocycles. The Kier molecular flexibility index (Phi) is 4.08. The summed E-state index contributed by atoms with van der Waals surface area (Å²) in [5.41, 5.74) is 0.591. The van der Waals surface area contributed by atoms with Crippen molar-refractivity contribution < 1.29 is 17.9 Å². The summed E-state index contributed by atoms with van der Waals surface area (Å²) in [5, 5.41) is 0. The van der Waals surface area contributed by atoms with E-state index in [9.17, 15) is 13.2 Å². The highest BCUT2D eigenvalue weighted by molar-refractivity contribution is 7.90.